The number of aromatic nitrogens is 1. The molecule has 8 heteroatoms. The third-order valence-corrected chi connectivity index (χ3v) is 3.67. The fourth-order valence-electron chi connectivity index (χ4n) is 2.29. The van der Waals surface area contributed by atoms with E-state index in [1.54, 1.807) is 24.3 Å². The maximum absolute atomic E-state index is 13.7. The molecule has 3 rings (SSSR count). The maximum Gasteiger partial charge on any atom is 0.274 e. The van der Waals surface area contributed by atoms with E-state index in [4.69, 9.17) is 5.26 Å². The average Bonchev–Trinajstić information content (AvgIpc) is 2.70. The standard InChI is InChI=1S/C20H12F2N4O2/c21-13-6-9-16(15(22)10-13)26-20(28)18-3-1-2-17(25-18)19(27)24-14-7-4-12(11-23)5-8-14/h1-10H,(H,24,27)(H,26,28). The third kappa shape index (κ3) is 4.34. The van der Waals surface area contributed by atoms with Gasteiger partial charge in [-0.05, 0) is 48.5 Å². The predicted octanol–water partition coefficient (Wildman–Crippen LogP) is 3.74. The predicted molar refractivity (Wildman–Crippen MR) is 97.7 cm³/mol. The highest BCUT2D eigenvalue weighted by Crippen LogP contribution is 2.16. The van der Waals surface area contributed by atoms with Gasteiger partial charge in [0.1, 0.15) is 23.0 Å². The molecule has 0 saturated carbocycles. The Bertz CT molecular complexity index is 1090. The molecular formula is C20H12F2N4O2. The van der Waals surface area contributed by atoms with Crippen molar-refractivity contribution >= 4 is 23.2 Å². The summed E-state index contributed by atoms with van der Waals surface area (Å²) in [6, 6.07) is 15.1. The van der Waals surface area contributed by atoms with Gasteiger partial charge in [0.15, 0.2) is 0 Å². The van der Waals surface area contributed by atoms with Gasteiger partial charge in [-0.1, -0.05) is 6.07 Å². The molecule has 2 aromatic carbocycles. The van der Waals surface area contributed by atoms with Crippen LogP contribution in [0.5, 0.6) is 0 Å². The molecule has 1 heterocycles. The van der Waals surface area contributed by atoms with Crippen LogP contribution < -0.4 is 10.6 Å². The second-order valence-corrected chi connectivity index (χ2v) is 5.63. The number of hydrogen-bond donors (Lipinski definition) is 2. The van der Waals surface area contributed by atoms with Crippen molar-refractivity contribution in [2.24, 2.45) is 0 Å². The van der Waals surface area contributed by atoms with E-state index in [0.29, 0.717) is 17.3 Å². The molecule has 0 aliphatic heterocycles. The van der Waals surface area contributed by atoms with Crippen LogP contribution in [0.15, 0.2) is 60.7 Å². The van der Waals surface area contributed by atoms with Gasteiger partial charge in [0.2, 0.25) is 0 Å². The van der Waals surface area contributed by atoms with Gasteiger partial charge in [-0.2, -0.15) is 5.26 Å². The first kappa shape index (κ1) is 18.7. The van der Waals surface area contributed by atoms with Crippen molar-refractivity contribution in [1.29, 1.82) is 5.26 Å². The zero-order valence-corrected chi connectivity index (χ0v) is 14.2. The first-order valence-electron chi connectivity index (χ1n) is 8.01. The minimum atomic E-state index is -0.928. The van der Waals surface area contributed by atoms with E-state index in [1.807, 2.05) is 6.07 Å². The smallest absolute Gasteiger partial charge is 0.274 e. The quantitative estimate of drug-likeness (QED) is 0.723. The number of pyridine rings is 1. The van der Waals surface area contributed by atoms with Crippen LogP contribution in [0.25, 0.3) is 0 Å². The molecule has 0 aliphatic carbocycles. The van der Waals surface area contributed by atoms with Crippen molar-refractivity contribution in [3.05, 3.63) is 89.2 Å². The molecule has 6 nitrogen and oxygen atoms in total. The largest absolute Gasteiger partial charge is 0.321 e. The first-order valence-corrected chi connectivity index (χ1v) is 8.01. The Hall–Kier alpha value is -4.12. The number of carbonyl (C=O) groups is 2. The van der Waals surface area contributed by atoms with Crippen LogP contribution in [-0.2, 0) is 0 Å². The lowest BCUT2D eigenvalue weighted by Gasteiger charge is -2.08. The number of nitriles is 1. The Morgan fingerprint density at radius 2 is 1.54 bits per heavy atom. The van der Waals surface area contributed by atoms with Crippen LogP contribution in [0.1, 0.15) is 26.5 Å². The second-order valence-electron chi connectivity index (χ2n) is 5.63. The molecule has 138 valence electrons. The molecule has 0 unspecified atom stereocenters. The summed E-state index contributed by atoms with van der Waals surface area (Å²) in [5.41, 5.74) is 0.547. The van der Waals surface area contributed by atoms with Crippen molar-refractivity contribution in [2.75, 3.05) is 10.6 Å². The summed E-state index contributed by atoms with van der Waals surface area (Å²) < 4.78 is 26.6. The topological polar surface area (TPSA) is 94.9 Å². The summed E-state index contributed by atoms with van der Waals surface area (Å²) in [5.74, 6) is -3.01. The number of amides is 2. The fourth-order valence-corrected chi connectivity index (χ4v) is 2.29. The molecule has 0 atom stereocenters. The van der Waals surface area contributed by atoms with Crippen LogP contribution in [0.2, 0.25) is 0 Å². The van der Waals surface area contributed by atoms with Gasteiger partial charge in [-0.3, -0.25) is 9.59 Å². The molecule has 28 heavy (non-hydrogen) atoms. The molecule has 0 saturated heterocycles. The normalized spacial score (nSPS) is 10.0. The average molecular weight is 378 g/mol. The Labute approximate surface area is 158 Å². The first-order chi connectivity index (χ1) is 13.5. The molecule has 0 aliphatic rings. The molecule has 2 amide bonds. The minimum Gasteiger partial charge on any atom is -0.321 e. The Balaban J connectivity index is 1.74. The minimum absolute atomic E-state index is 0.0309. The highest BCUT2D eigenvalue weighted by molar-refractivity contribution is 6.06. The van der Waals surface area contributed by atoms with E-state index >= 15 is 0 Å². The fraction of sp³-hybridized carbons (Fsp3) is 0. The molecule has 3 aromatic rings. The summed E-state index contributed by atoms with van der Waals surface area (Å²) in [6.07, 6.45) is 0. The molecular weight excluding hydrogens is 366 g/mol. The van der Waals surface area contributed by atoms with Gasteiger partial charge in [0, 0.05) is 11.8 Å². The van der Waals surface area contributed by atoms with Crippen molar-refractivity contribution in [1.82, 2.24) is 4.98 Å². The van der Waals surface area contributed by atoms with Crippen LogP contribution in [0.4, 0.5) is 20.2 Å². The van der Waals surface area contributed by atoms with E-state index in [-0.39, 0.29) is 17.1 Å². The van der Waals surface area contributed by atoms with Crippen molar-refractivity contribution < 1.29 is 18.4 Å². The maximum atomic E-state index is 13.7. The van der Waals surface area contributed by atoms with Crippen molar-refractivity contribution in [3.8, 4) is 6.07 Å². The van der Waals surface area contributed by atoms with Crippen LogP contribution in [0.3, 0.4) is 0 Å². The molecule has 0 bridgehead atoms. The highest BCUT2D eigenvalue weighted by atomic mass is 19.1. The summed E-state index contributed by atoms with van der Waals surface area (Å²) in [4.78, 5) is 28.6. The second kappa shape index (κ2) is 8.05. The van der Waals surface area contributed by atoms with E-state index in [9.17, 15) is 18.4 Å². The zero-order valence-electron chi connectivity index (χ0n) is 14.2. The number of benzene rings is 2. The lowest BCUT2D eigenvalue weighted by molar-refractivity contribution is 0.101. The number of carbonyl (C=O) groups excluding carboxylic acids is 2. The van der Waals surface area contributed by atoms with Crippen molar-refractivity contribution in [2.45, 2.75) is 0 Å². The summed E-state index contributed by atoms with van der Waals surface area (Å²) in [6.45, 7) is 0. The van der Waals surface area contributed by atoms with Gasteiger partial charge in [0.25, 0.3) is 11.8 Å². The van der Waals surface area contributed by atoms with E-state index in [1.165, 1.54) is 18.2 Å². The molecule has 0 fully saturated rings. The van der Waals surface area contributed by atoms with Crippen LogP contribution in [-0.4, -0.2) is 16.8 Å². The van der Waals surface area contributed by atoms with Gasteiger partial charge < -0.3 is 10.6 Å². The number of nitrogens with zero attached hydrogens (tertiary/aromatic N) is 2. The number of rotatable bonds is 4. The lowest BCUT2D eigenvalue weighted by Crippen LogP contribution is -2.19. The van der Waals surface area contributed by atoms with Gasteiger partial charge in [0.05, 0.1) is 17.3 Å². The van der Waals surface area contributed by atoms with E-state index in [2.05, 4.69) is 15.6 Å². The van der Waals surface area contributed by atoms with Crippen molar-refractivity contribution in [3.63, 3.8) is 0 Å². The number of hydrogen-bond acceptors (Lipinski definition) is 4. The summed E-state index contributed by atoms with van der Waals surface area (Å²) in [7, 11) is 0. The number of halogens is 2. The monoisotopic (exact) mass is 378 g/mol. The van der Waals surface area contributed by atoms with Gasteiger partial charge in [-0.15, -0.1) is 0 Å². The summed E-state index contributed by atoms with van der Waals surface area (Å²) in [5, 5.41) is 13.7. The summed E-state index contributed by atoms with van der Waals surface area (Å²) >= 11 is 0. The van der Waals surface area contributed by atoms with Gasteiger partial charge in [-0.25, -0.2) is 13.8 Å². The lowest BCUT2D eigenvalue weighted by atomic mass is 10.2. The van der Waals surface area contributed by atoms with Gasteiger partial charge >= 0.3 is 0 Å². The highest BCUT2D eigenvalue weighted by Gasteiger charge is 2.14. The number of anilines is 2. The Kier molecular flexibility index (Phi) is 5.37. The number of nitrogens with one attached hydrogen (secondary N) is 2. The molecule has 0 radical (unpaired) electrons. The molecule has 1 aromatic heterocycles. The third-order valence-electron chi connectivity index (χ3n) is 3.67. The molecule has 2 N–H and O–H groups in total. The zero-order chi connectivity index (χ0) is 20.1. The van der Waals surface area contributed by atoms with E-state index < -0.39 is 23.4 Å². The van der Waals surface area contributed by atoms with Crippen LogP contribution >= 0.6 is 0 Å². The Morgan fingerprint density at radius 1 is 0.893 bits per heavy atom. The van der Waals surface area contributed by atoms with E-state index in [0.717, 1.165) is 12.1 Å². The molecule has 0 spiro atoms. The Morgan fingerprint density at radius 3 is 2.14 bits per heavy atom. The van der Waals surface area contributed by atoms with Crippen LogP contribution in [0, 0.1) is 23.0 Å². The SMILES string of the molecule is N#Cc1ccc(NC(=O)c2cccc(C(=O)Nc3ccc(F)cc3F)n2)cc1.